The fraction of sp³-hybridized carbons (Fsp3) is 0.750. The molecule has 0 bridgehead atoms. The molecule has 1 saturated carbocycles. The summed E-state index contributed by atoms with van der Waals surface area (Å²) in [6, 6.07) is 0. The maximum Gasteiger partial charge on any atom is 0.170 e. The van der Waals surface area contributed by atoms with E-state index in [-0.39, 0.29) is 12.2 Å². The van der Waals surface area contributed by atoms with Crippen molar-refractivity contribution in [1.29, 1.82) is 0 Å². The van der Waals surface area contributed by atoms with E-state index < -0.39 is 5.60 Å². The summed E-state index contributed by atoms with van der Waals surface area (Å²) in [6.45, 7) is 2.16. The van der Waals surface area contributed by atoms with Crippen molar-refractivity contribution in [3.8, 4) is 0 Å². The van der Waals surface area contributed by atoms with E-state index in [4.69, 9.17) is 0 Å². The van der Waals surface area contributed by atoms with Gasteiger partial charge >= 0.3 is 0 Å². The summed E-state index contributed by atoms with van der Waals surface area (Å²) in [5, 5.41) is 18.0. The predicted molar refractivity (Wildman–Crippen MR) is 62.3 cm³/mol. The molecule has 2 rings (SSSR count). The number of ketones is 1. The van der Waals surface area contributed by atoms with Gasteiger partial charge in [0.05, 0.1) is 12.1 Å². The van der Waals surface area contributed by atoms with Gasteiger partial charge in [-0.3, -0.25) is 9.48 Å². The van der Waals surface area contributed by atoms with E-state index in [1.165, 1.54) is 0 Å². The maximum absolute atomic E-state index is 12.1. The highest BCUT2D eigenvalue weighted by molar-refractivity contribution is 5.88. The van der Waals surface area contributed by atoms with Crippen LogP contribution in [0.3, 0.4) is 0 Å². The SMILES string of the molecule is CC1CCC(O)(C(=O)Cc2cn(C)nn2)CC1. The zero-order valence-corrected chi connectivity index (χ0v) is 10.4. The van der Waals surface area contributed by atoms with Crippen LogP contribution in [0.25, 0.3) is 0 Å². The molecule has 0 aliphatic heterocycles. The average molecular weight is 237 g/mol. The van der Waals surface area contributed by atoms with Crippen LogP contribution < -0.4 is 0 Å². The van der Waals surface area contributed by atoms with Gasteiger partial charge in [0.15, 0.2) is 5.78 Å². The zero-order chi connectivity index (χ0) is 12.5. The Labute approximate surface area is 101 Å². The standard InChI is InChI=1S/C12H19N3O2/c1-9-3-5-12(17,6-4-9)11(16)7-10-8-15(2)14-13-10/h8-9,17H,3-7H2,1-2H3. The molecule has 17 heavy (non-hydrogen) atoms. The third kappa shape index (κ3) is 2.72. The molecule has 0 amide bonds. The van der Waals surface area contributed by atoms with Crippen molar-refractivity contribution >= 4 is 5.78 Å². The van der Waals surface area contributed by atoms with E-state index >= 15 is 0 Å². The number of aryl methyl sites for hydroxylation is 1. The Morgan fingerprint density at radius 2 is 2.24 bits per heavy atom. The first-order chi connectivity index (χ1) is 7.99. The molecule has 1 heterocycles. The van der Waals surface area contributed by atoms with Crippen molar-refractivity contribution in [1.82, 2.24) is 15.0 Å². The largest absolute Gasteiger partial charge is 0.382 e. The van der Waals surface area contributed by atoms with E-state index in [2.05, 4.69) is 17.2 Å². The van der Waals surface area contributed by atoms with Crippen molar-refractivity contribution in [2.24, 2.45) is 13.0 Å². The van der Waals surface area contributed by atoms with Crippen LogP contribution in [-0.2, 0) is 18.3 Å². The van der Waals surface area contributed by atoms with Gasteiger partial charge in [-0.25, -0.2) is 0 Å². The summed E-state index contributed by atoms with van der Waals surface area (Å²) >= 11 is 0. The van der Waals surface area contributed by atoms with Gasteiger partial charge in [0.25, 0.3) is 0 Å². The fourth-order valence-electron chi connectivity index (χ4n) is 2.32. The van der Waals surface area contributed by atoms with Crippen LogP contribution in [-0.4, -0.2) is 31.5 Å². The number of hydrogen-bond donors (Lipinski definition) is 1. The Balaban J connectivity index is 2.00. The van der Waals surface area contributed by atoms with Crippen LogP contribution >= 0.6 is 0 Å². The molecule has 1 fully saturated rings. The van der Waals surface area contributed by atoms with Crippen molar-refractivity contribution < 1.29 is 9.90 Å². The Bertz CT molecular complexity index is 406. The van der Waals surface area contributed by atoms with E-state index in [0.717, 1.165) is 12.8 Å². The second-order valence-electron chi connectivity index (χ2n) is 5.20. The Morgan fingerprint density at radius 1 is 1.59 bits per heavy atom. The van der Waals surface area contributed by atoms with Crippen LogP contribution in [0.4, 0.5) is 0 Å². The van der Waals surface area contributed by atoms with Crippen LogP contribution in [0.1, 0.15) is 38.3 Å². The molecule has 5 nitrogen and oxygen atoms in total. The van der Waals surface area contributed by atoms with Gasteiger partial charge in [-0.1, -0.05) is 12.1 Å². The Morgan fingerprint density at radius 3 is 2.76 bits per heavy atom. The number of Topliss-reactive ketones (excluding diaryl/α,β-unsaturated/α-hetero) is 1. The molecule has 0 unspecified atom stereocenters. The van der Waals surface area contributed by atoms with E-state index in [1.54, 1.807) is 17.9 Å². The summed E-state index contributed by atoms with van der Waals surface area (Å²) < 4.78 is 1.57. The van der Waals surface area contributed by atoms with Gasteiger partial charge in [-0.05, 0) is 31.6 Å². The summed E-state index contributed by atoms with van der Waals surface area (Å²) in [5.41, 5.74) is -0.506. The highest BCUT2D eigenvalue weighted by Gasteiger charge is 2.38. The molecule has 5 heteroatoms. The summed E-state index contributed by atoms with van der Waals surface area (Å²) in [6.07, 6.45) is 4.89. The molecular weight excluding hydrogens is 218 g/mol. The number of nitrogens with zero attached hydrogens (tertiary/aromatic N) is 3. The fourth-order valence-corrected chi connectivity index (χ4v) is 2.32. The molecular formula is C12H19N3O2. The second-order valence-corrected chi connectivity index (χ2v) is 5.20. The lowest BCUT2D eigenvalue weighted by Gasteiger charge is -2.33. The quantitative estimate of drug-likeness (QED) is 0.847. The van der Waals surface area contributed by atoms with Crippen molar-refractivity contribution in [3.63, 3.8) is 0 Å². The van der Waals surface area contributed by atoms with Crippen molar-refractivity contribution in [2.75, 3.05) is 0 Å². The maximum atomic E-state index is 12.1. The van der Waals surface area contributed by atoms with Crippen molar-refractivity contribution in [3.05, 3.63) is 11.9 Å². The lowest BCUT2D eigenvalue weighted by molar-refractivity contribution is -0.140. The highest BCUT2D eigenvalue weighted by atomic mass is 16.3. The molecule has 0 atom stereocenters. The first kappa shape index (κ1) is 12.2. The van der Waals surface area contributed by atoms with Gasteiger partial charge in [0, 0.05) is 13.2 Å². The lowest BCUT2D eigenvalue weighted by atomic mass is 9.76. The first-order valence-corrected chi connectivity index (χ1v) is 6.10. The molecule has 1 aromatic rings. The van der Waals surface area contributed by atoms with Gasteiger partial charge in [-0.15, -0.1) is 5.10 Å². The molecule has 1 N–H and O–H groups in total. The lowest BCUT2D eigenvalue weighted by Crippen LogP contribution is -2.42. The van der Waals surface area contributed by atoms with Gasteiger partial charge in [0.1, 0.15) is 5.60 Å². The topological polar surface area (TPSA) is 68.0 Å². The second kappa shape index (κ2) is 4.56. The van der Waals surface area contributed by atoms with Crippen LogP contribution in [0.15, 0.2) is 6.20 Å². The normalized spacial score (nSPS) is 29.2. The summed E-state index contributed by atoms with van der Waals surface area (Å²) in [5.74, 6) is 0.490. The van der Waals surface area contributed by atoms with Crippen LogP contribution in [0.5, 0.6) is 0 Å². The van der Waals surface area contributed by atoms with Gasteiger partial charge in [-0.2, -0.15) is 0 Å². The minimum Gasteiger partial charge on any atom is -0.382 e. The highest BCUT2D eigenvalue weighted by Crippen LogP contribution is 2.33. The van der Waals surface area contributed by atoms with Gasteiger partial charge in [0.2, 0.25) is 0 Å². The molecule has 0 aromatic carbocycles. The number of aliphatic hydroxyl groups is 1. The van der Waals surface area contributed by atoms with Gasteiger partial charge < -0.3 is 5.11 Å². The molecule has 0 spiro atoms. The molecule has 1 aliphatic carbocycles. The number of aromatic nitrogens is 3. The predicted octanol–water partition coefficient (Wildman–Crippen LogP) is 0.868. The average Bonchev–Trinajstić information content (AvgIpc) is 2.68. The van der Waals surface area contributed by atoms with Crippen LogP contribution in [0.2, 0.25) is 0 Å². The minimum absolute atomic E-state index is 0.120. The molecule has 0 radical (unpaired) electrons. The minimum atomic E-state index is -1.13. The number of carbonyl (C=O) groups is 1. The number of hydrogen-bond acceptors (Lipinski definition) is 4. The Kier molecular flexibility index (Phi) is 3.28. The monoisotopic (exact) mass is 237 g/mol. The number of carbonyl (C=O) groups excluding carboxylic acids is 1. The smallest absolute Gasteiger partial charge is 0.170 e. The first-order valence-electron chi connectivity index (χ1n) is 6.10. The molecule has 94 valence electrons. The zero-order valence-electron chi connectivity index (χ0n) is 10.4. The van der Waals surface area contributed by atoms with E-state index in [1.807, 2.05) is 0 Å². The molecule has 0 saturated heterocycles. The van der Waals surface area contributed by atoms with Crippen molar-refractivity contribution in [2.45, 2.75) is 44.6 Å². The third-order valence-electron chi connectivity index (χ3n) is 3.61. The molecule has 1 aliphatic rings. The van der Waals surface area contributed by atoms with Crippen LogP contribution in [0, 0.1) is 5.92 Å². The van der Waals surface area contributed by atoms with E-state index in [9.17, 15) is 9.90 Å². The Hall–Kier alpha value is -1.23. The molecule has 1 aromatic heterocycles. The summed E-state index contributed by atoms with van der Waals surface area (Å²) in [4.78, 5) is 12.1. The summed E-state index contributed by atoms with van der Waals surface area (Å²) in [7, 11) is 1.76. The van der Waals surface area contributed by atoms with E-state index in [0.29, 0.717) is 24.5 Å². The third-order valence-corrected chi connectivity index (χ3v) is 3.61. The number of rotatable bonds is 3.